The summed E-state index contributed by atoms with van der Waals surface area (Å²) >= 11 is 0. The first-order chi connectivity index (χ1) is 16.0. The second-order valence-electron chi connectivity index (χ2n) is 8.16. The molecule has 1 aliphatic rings. The quantitative estimate of drug-likeness (QED) is 0.514. The Hall–Kier alpha value is -2.98. The Balaban J connectivity index is 1.32. The maximum atomic E-state index is 12.9. The van der Waals surface area contributed by atoms with Crippen LogP contribution in [0.4, 0.5) is 0 Å². The molecule has 1 aliphatic heterocycles. The summed E-state index contributed by atoms with van der Waals surface area (Å²) in [5.41, 5.74) is 2.26. The minimum atomic E-state index is -3.51. The van der Waals surface area contributed by atoms with Gasteiger partial charge in [0.25, 0.3) is 0 Å². The smallest absolute Gasteiger partial charge is 0.243 e. The van der Waals surface area contributed by atoms with Gasteiger partial charge in [-0.3, -0.25) is 4.79 Å². The fourth-order valence-corrected chi connectivity index (χ4v) is 5.53. The number of carbonyl (C=O) groups is 1. The number of nitrogens with one attached hydrogen (secondary N) is 1. The van der Waals surface area contributed by atoms with Crippen LogP contribution < -0.4 is 10.1 Å². The van der Waals surface area contributed by atoms with E-state index in [1.165, 1.54) is 0 Å². The minimum Gasteiger partial charge on any atom is -0.497 e. The number of sulfonamides is 1. The van der Waals surface area contributed by atoms with E-state index in [1.54, 1.807) is 34.3 Å². The maximum Gasteiger partial charge on any atom is 0.243 e. The molecule has 33 heavy (non-hydrogen) atoms. The number of benzene rings is 2. The Morgan fingerprint density at radius 3 is 2.73 bits per heavy atom. The number of piperidine rings is 1. The number of aryl methyl sites for hydroxylation is 1. The third-order valence-electron chi connectivity index (χ3n) is 5.84. The molecule has 0 saturated carbocycles. The van der Waals surface area contributed by atoms with Crippen molar-refractivity contribution in [1.82, 2.24) is 24.6 Å². The van der Waals surface area contributed by atoms with Gasteiger partial charge in [0.15, 0.2) is 0 Å². The zero-order valence-electron chi connectivity index (χ0n) is 18.7. The molecular weight excluding hydrogens is 442 g/mol. The lowest BCUT2D eigenvalue weighted by Crippen LogP contribution is -2.35. The number of ether oxygens (including phenoxy) is 1. The molecule has 10 heteroatoms. The molecule has 176 valence electrons. The van der Waals surface area contributed by atoms with Gasteiger partial charge in [-0.2, -0.15) is 4.31 Å². The van der Waals surface area contributed by atoms with Crippen molar-refractivity contribution in [3.8, 4) is 5.75 Å². The Bertz CT molecular complexity index is 1220. The third kappa shape index (κ3) is 5.51. The lowest BCUT2D eigenvalue weighted by atomic mass is 10.2. The average Bonchev–Trinajstić information content (AvgIpc) is 3.25. The van der Waals surface area contributed by atoms with E-state index in [2.05, 4.69) is 15.6 Å². The molecule has 1 amide bonds. The molecule has 0 atom stereocenters. The molecule has 0 unspecified atom stereocenters. The second kappa shape index (κ2) is 10.3. The molecule has 2 heterocycles. The van der Waals surface area contributed by atoms with Gasteiger partial charge in [0.1, 0.15) is 11.3 Å². The molecule has 1 fully saturated rings. The zero-order valence-corrected chi connectivity index (χ0v) is 19.6. The molecule has 1 saturated heterocycles. The van der Waals surface area contributed by atoms with Gasteiger partial charge in [0.2, 0.25) is 15.9 Å². The van der Waals surface area contributed by atoms with Crippen molar-refractivity contribution in [2.45, 2.75) is 50.1 Å². The number of aromatic nitrogens is 3. The highest BCUT2D eigenvalue weighted by atomic mass is 32.2. The second-order valence-corrected chi connectivity index (χ2v) is 10.1. The van der Waals surface area contributed by atoms with Crippen molar-refractivity contribution in [2.75, 3.05) is 20.2 Å². The number of fused-ring (bicyclic) bond motifs is 1. The SMILES string of the molecule is COc1cccc(CNC(=O)CCCn2nnc3cc(S(=O)(=O)N4CCCCC4)ccc32)c1. The molecule has 3 aromatic rings. The number of hydrogen-bond donors (Lipinski definition) is 1. The van der Waals surface area contributed by atoms with E-state index in [1.807, 2.05) is 24.3 Å². The molecule has 9 nitrogen and oxygen atoms in total. The largest absolute Gasteiger partial charge is 0.497 e. The summed E-state index contributed by atoms with van der Waals surface area (Å²) in [6, 6.07) is 12.5. The van der Waals surface area contributed by atoms with E-state index in [4.69, 9.17) is 4.74 Å². The van der Waals surface area contributed by atoms with Crippen LogP contribution >= 0.6 is 0 Å². The number of hydrogen-bond acceptors (Lipinski definition) is 6. The summed E-state index contributed by atoms with van der Waals surface area (Å²) in [6.07, 6.45) is 3.80. The molecular formula is C23H29N5O4S. The van der Waals surface area contributed by atoms with Crippen LogP contribution in [-0.2, 0) is 27.9 Å². The summed E-state index contributed by atoms with van der Waals surface area (Å²) in [7, 11) is -1.90. The first kappa shape index (κ1) is 23.2. The number of amides is 1. The fraction of sp³-hybridized carbons (Fsp3) is 0.435. The predicted molar refractivity (Wildman–Crippen MR) is 124 cm³/mol. The van der Waals surface area contributed by atoms with Gasteiger partial charge in [-0.15, -0.1) is 5.10 Å². The fourth-order valence-electron chi connectivity index (χ4n) is 3.99. The molecule has 1 N–H and O–H groups in total. The summed E-state index contributed by atoms with van der Waals surface area (Å²) in [6.45, 7) is 2.08. The highest BCUT2D eigenvalue weighted by Gasteiger charge is 2.26. The minimum absolute atomic E-state index is 0.0443. The van der Waals surface area contributed by atoms with Crippen LogP contribution in [0.5, 0.6) is 5.75 Å². The molecule has 0 aliphatic carbocycles. The summed E-state index contributed by atoms with van der Waals surface area (Å²) in [5, 5.41) is 11.2. The van der Waals surface area contributed by atoms with Crippen molar-refractivity contribution >= 4 is 27.0 Å². The van der Waals surface area contributed by atoms with Crippen LogP contribution in [-0.4, -0.2) is 53.8 Å². The van der Waals surface area contributed by atoms with E-state index < -0.39 is 10.0 Å². The topological polar surface area (TPSA) is 106 Å². The van der Waals surface area contributed by atoms with Crippen molar-refractivity contribution in [3.63, 3.8) is 0 Å². The first-order valence-corrected chi connectivity index (χ1v) is 12.6. The van der Waals surface area contributed by atoms with Gasteiger partial charge in [-0.1, -0.05) is 23.8 Å². The molecule has 2 aromatic carbocycles. The summed E-state index contributed by atoms with van der Waals surface area (Å²) in [4.78, 5) is 12.5. The van der Waals surface area contributed by atoms with Crippen LogP contribution in [0.2, 0.25) is 0 Å². The number of nitrogens with zero attached hydrogens (tertiary/aromatic N) is 4. The van der Waals surface area contributed by atoms with E-state index in [0.717, 1.165) is 36.1 Å². The van der Waals surface area contributed by atoms with Gasteiger partial charge < -0.3 is 10.1 Å². The van der Waals surface area contributed by atoms with Crippen LogP contribution in [0.25, 0.3) is 11.0 Å². The Kier molecular flexibility index (Phi) is 7.24. The van der Waals surface area contributed by atoms with Gasteiger partial charge in [0.05, 0.1) is 17.5 Å². The van der Waals surface area contributed by atoms with Crippen molar-refractivity contribution in [1.29, 1.82) is 0 Å². The van der Waals surface area contributed by atoms with Gasteiger partial charge in [-0.25, -0.2) is 13.1 Å². The molecule has 0 spiro atoms. The van der Waals surface area contributed by atoms with E-state index in [-0.39, 0.29) is 10.8 Å². The van der Waals surface area contributed by atoms with Gasteiger partial charge in [-0.05, 0) is 55.2 Å². The molecule has 0 bridgehead atoms. The first-order valence-electron chi connectivity index (χ1n) is 11.2. The normalized spacial score (nSPS) is 14.9. The summed E-state index contributed by atoms with van der Waals surface area (Å²) in [5.74, 6) is 0.712. The van der Waals surface area contributed by atoms with Crippen molar-refractivity contribution in [2.24, 2.45) is 0 Å². The predicted octanol–water partition coefficient (Wildman–Crippen LogP) is 2.71. The molecule has 0 radical (unpaired) electrons. The Morgan fingerprint density at radius 2 is 1.94 bits per heavy atom. The van der Waals surface area contributed by atoms with Crippen LogP contribution in [0, 0.1) is 0 Å². The monoisotopic (exact) mass is 471 g/mol. The number of rotatable bonds is 9. The van der Waals surface area contributed by atoms with Crippen LogP contribution in [0.3, 0.4) is 0 Å². The van der Waals surface area contributed by atoms with Crippen LogP contribution in [0.15, 0.2) is 47.4 Å². The maximum absolute atomic E-state index is 12.9. The average molecular weight is 472 g/mol. The third-order valence-corrected chi connectivity index (χ3v) is 7.73. The van der Waals surface area contributed by atoms with Gasteiger partial charge >= 0.3 is 0 Å². The van der Waals surface area contributed by atoms with E-state index in [0.29, 0.717) is 44.5 Å². The highest BCUT2D eigenvalue weighted by Crippen LogP contribution is 2.23. The zero-order chi connectivity index (χ0) is 23.3. The lowest BCUT2D eigenvalue weighted by Gasteiger charge is -2.25. The number of carbonyl (C=O) groups excluding carboxylic acids is 1. The lowest BCUT2D eigenvalue weighted by molar-refractivity contribution is -0.121. The van der Waals surface area contributed by atoms with E-state index >= 15 is 0 Å². The molecule has 1 aromatic heterocycles. The molecule has 4 rings (SSSR count). The Morgan fingerprint density at radius 1 is 1.12 bits per heavy atom. The summed E-state index contributed by atoms with van der Waals surface area (Å²) < 4.78 is 34.3. The highest BCUT2D eigenvalue weighted by molar-refractivity contribution is 7.89. The van der Waals surface area contributed by atoms with Crippen LogP contribution in [0.1, 0.15) is 37.7 Å². The van der Waals surface area contributed by atoms with Crippen molar-refractivity contribution in [3.05, 3.63) is 48.0 Å². The van der Waals surface area contributed by atoms with Gasteiger partial charge in [0, 0.05) is 32.6 Å². The van der Waals surface area contributed by atoms with Crippen molar-refractivity contribution < 1.29 is 17.9 Å². The number of methoxy groups -OCH3 is 1. The Labute approximate surface area is 193 Å². The standard InChI is InChI=1S/C23H29N5O4S/c1-32-19-8-5-7-18(15-19)17-24-23(29)9-6-14-28-22-11-10-20(16-21(22)25-26-28)33(30,31)27-12-3-2-4-13-27/h5,7-8,10-11,15-16H,2-4,6,9,12-14,17H2,1H3,(H,24,29). The van der Waals surface area contributed by atoms with E-state index in [9.17, 15) is 13.2 Å².